The van der Waals surface area contributed by atoms with E-state index in [4.69, 9.17) is 9.72 Å². The molecule has 0 spiro atoms. The Labute approximate surface area is 188 Å². The molecule has 0 aliphatic rings. The maximum absolute atomic E-state index is 13.6. The number of fused-ring (bicyclic) bond motifs is 2. The Morgan fingerprint density at radius 2 is 1.84 bits per heavy atom. The summed E-state index contributed by atoms with van der Waals surface area (Å²) in [6.07, 6.45) is 6.72. The molecule has 8 heteroatoms. The highest BCUT2D eigenvalue weighted by molar-refractivity contribution is 7.22. The van der Waals surface area contributed by atoms with Crippen LogP contribution >= 0.6 is 11.3 Å². The molecule has 0 radical (unpaired) electrons. The molecule has 5 aromatic rings. The summed E-state index contributed by atoms with van der Waals surface area (Å²) in [4.78, 5) is 32.9. The van der Waals surface area contributed by atoms with Gasteiger partial charge in [-0.25, -0.2) is 4.98 Å². The second-order valence-electron chi connectivity index (χ2n) is 7.07. The van der Waals surface area contributed by atoms with Gasteiger partial charge in [0.25, 0.3) is 5.91 Å². The Bertz CT molecular complexity index is 1400. The maximum atomic E-state index is 13.6. The van der Waals surface area contributed by atoms with Gasteiger partial charge in [0.1, 0.15) is 5.75 Å². The van der Waals surface area contributed by atoms with E-state index in [1.54, 1.807) is 41.8 Å². The molecule has 0 N–H and O–H groups in total. The molecule has 32 heavy (non-hydrogen) atoms. The van der Waals surface area contributed by atoms with Crippen LogP contribution in [-0.2, 0) is 6.54 Å². The Kier molecular flexibility index (Phi) is 5.43. The molecule has 0 atom stereocenters. The Balaban J connectivity index is 1.56. The topological polar surface area (TPSA) is 81.1 Å². The van der Waals surface area contributed by atoms with Gasteiger partial charge in [0.2, 0.25) is 0 Å². The Hall–Kier alpha value is -3.91. The van der Waals surface area contributed by atoms with Crippen molar-refractivity contribution in [3.63, 3.8) is 0 Å². The van der Waals surface area contributed by atoms with Crippen LogP contribution in [0.2, 0.25) is 0 Å². The highest BCUT2D eigenvalue weighted by Crippen LogP contribution is 2.33. The van der Waals surface area contributed by atoms with Gasteiger partial charge in [-0.2, -0.15) is 0 Å². The number of carbonyl (C=O) groups is 1. The molecule has 5 rings (SSSR count). The monoisotopic (exact) mass is 441 g/mol. The van der Waals surface area contributed by atoms with Crippen LogP contribution in [0.15, 0.2) is 73.3 Å². The normalized spacial score (nSPS) is 11.0. The molecule has 7 nitrogen and oxygen atoms in total. The molecule has 0 unspecified atom stereocenters. The van der Waals surface area contributed by atoms with Crippen LogP contribution in [0, 0.1) is 0 Å². The van der Waals surface area contributed by atoms with E-state index < -0.39 is 0 Å². The maximum Gasteiger partial charge on any atom is 0.260 e. The second kappa shape index (κ2) is 8.68. The first-order valence-corrected chi connectivity index (χ1v) is 11.0. The SMILES string of the molecule is CCOc1ccc2nc(N(Cc3cccnc3)C(=O)c3ccc4nccnc4c3)sc2c1. The predicted molar refractivity (Wildman–Crippen MR) is 125 cm³/mol. The number of carbonyl (C=O) groups excluding carboxylic acids is 1. The number of hydrogen-bond acceptors (Lipinski definition) is 7. The number of pyridine rings is 1. The fraction of sp³-hybridized carbons (Fsp3) is 0.125. The molecule has 0 aliphatic heterocycles. The summed E-state index contributed by atoms with van der Waals surface area (Å²) < 4.78 is 6.57. The number of ether oxygens (including phenoxy) is 1. The minimum Gasteiger partial charge on any atom is -0.494 e. The van der Waals surface area contributed by atoms with E-state index in [1.165, 1.54) is 11.3 Å². The Morgan fingerprint density at radius 1 is 1.00 bits per heavy atom. The zero-order valence-electron chi connectivity index (χ0n) is 17.3. The number of benzene rings is 2. The number of hydrogen-bond donors (Lipinski definition) is 0. The lowest BCUT2D eigenvalue weighted by atomic mass is 10.1. The number of thiazole rings is 1. The number of nitrogens with zero attached hydrogens (tertiary/aromatic N) is 5. The molecule has 3 heterocycles. The van der Waals surface area contributed by atoms with Crippen molar-refractivity contribution in [2.75, 3.05) is 11.5 Å². The quantitative estimate of drug-likeness (QED) is 0.374. The van der Waals surface area contributed by atoms with Crippen molar-refractivity contribution in [3.05, 3.63) is 84.4 Å². The summed E-state index contributed by atoms with van der Waals surface area (Å²) in [6, 6.07) is 14.9. The van der Waals surface area contributed by atoms with Gasteiger partial charge in [0.05, 0.1) is 34.4 Å². The van der Waals surface area contributed by atoms with Gasteiger partial charge in [0, 0.05) is 30.4 Å². The molecule has 1 amide bonds. The third-order valence-corrected chi connectivity index (χ3v) is 5.96. The summed E-state index contributed by atoms with van der Waals surface area (Å²) in [7, 11) is 0. The molecule has 0 saturated carbocycles. The summed E-state index contributed by atoms with van der Waals surface area (Å²) in [5, 5.41) is 0.613. The Morgan fingerprint density at radius 3 is 2.66 bits per heavy atom. The van der Waals surface area contributed by atoms with Crippen molar-refractivity contribution in [2.24, 2.45) is 0 Å². The zero-order chi connectivity index (χ0) is 21.9. The standard InChI is InChI=1S/C24H19N5O2S/c1-2-31-18-6-8-20-22(13-18)32-24(28-20)29(15-16-4-3-9-25-14-16)23(30)17-5-7-19-21(12-17)27-11-10-26-19/h3-14H,2,15H2,1H3. The molecule has 0 saturated heterocycles. The minimum atomic E-state index is -0.162. The van der Waals surface area contributed by atoms with Gasteiger partial charge in [-0.15, -0.1) is 0 Å². The van der Waals surface area contributed by atoms with Gasteiger partial charge in [-0.1, -0.05) is 17.4 Å². The fourth-order valence-electron chi connectivity index (χ4n) is 3.42. The van der Waals surface area contributed by atoms with Gasteiger partial charge in [0.15, 0.2) is 5.13 Å². The van der Waals surface area contributed by atoms with Crippen molar-refractivity contribution in [2.45, 2.75) is 13.5 Å². The van der Waals surface area contributed by atoms with Gasteiger partial charge >= 0.3 is 0 Å². The van der Waals surface area contributed by atoms with Gasteiger partial charge < -0.3 is 4.74 Å². The van der Waals surface area contributed by atoms with Crippen molar-refractivity contribution in [1.82, 2.24) is 19.9 Å². The first-order chi connectivity index (χ1) is 15.7. The number of anilines is 1. The third kappa shape index (κ3) is 4.00. The molecule has 0 aliphatic carbocycles. The van der Waals surface area contributed by atoms with E-state index in [1.807, 2.05) is 43.3 Å². The van der Waals surface area contributed by atoms with Crippen LogP contribution in [0.3, 0.4) is 0 Å². The van der Waals surface area contributed by atoms with Crippen LogP contribution in [0.4, 0.5) is 5.13 Å². The molecule has 0 fully saturated rings. The summed E-state index contributed by atoms with van der Waals surface area (Å²) in [5.41, 5.74) is 3.67. The second-order valence-corrected chi connectivity index (χ2v) is 8.08. The minimum absolute atomic E-state index is 0.162. The van der Waals surface area contributed by atoms with E-state index in [0.29, 0.717) is 29.4 Å². The molecule has 2 aromatic carbocycles. The van der Waals surface area contributed by atoms with Crippen LogP contribution in [0.25, 0.3) is 21.3 Å². The lowest BCUT2D eigenvalue weighted by Gasteiger charge is -2.20. The van der Waals surface area contributed by atoms with Crippen LogP contribution in [0.1, 0.15) is 22.8 Å². The summed E-state index contributed by atoms with van der Waals surface area (Å²) >= 11 is 1.46. The van der Waals surface area contributed by atoms with E-state index in [0.717, 1.165) is 27.0 Å². The van der Waals surface area contributed by atoms with Crippen LogP contribution < -0.4 is 9.64 Å². The molecule has 158 valence electrons. The predicted octanol–water partition coefficient (Wildman–Crippen LogP) is 4.88. The average Bonchev–Trinajstić information content (AvgIpc) is 3.26. The van der Waals surface area contributed by atoms with E-state index in [2.05, 4.69) is 15.0 Å². The summed E-state index contributed by atoms with van der Waals surface area (Å²) in [5.74, 6) is 0.624. The number of aromatic nitrogens is 4. The van der Waals surface area contributed by atoms with Crippen molar-refractivity contribution < 1.29 is 9.53 Å². The van der Waals surface area contributed by atoms with E-state index in [9.17, 15) is 4.79 Å². The molecular formula is C24H19N5O2S. The van der Waals surface area contributed by atoms with Crippen molar-refractivity contribution >= 4 is 43.6 Å². The summed E-state index contributed by atoms with van der Waals surface area (Å²) in [6.45, 7) is 2.89. The lowest BCUT2D eigenvalue weighted by Crippen LogP contribution is -2.30. The van der Waals surface area contributed by atoms with Crippen molar-refractivity contribution in [1.29, 1.82) is 0 Å². The highest BCUT2D eigenvalue weighted by Gasteiger charge is 2.22. The average molecular weight is 442 g/mol. The fourth-order valence-corrected chi connectivity index (χ4v) is 4.41. The van der Waals surface area contributed by atoms with E-state index in [-0.39, 0.29) is 5.91 Å². The smallest absolute Gasteiger partial charge is 0.260 e. The molecular weight excluding hydrogens is 422 g/mol. The van der Waals surface area contributed by atoms with Crippen LogP contribution in [-0.4, -0.2) is 32.4 Å². The number of rotatable bonds is 6. The van der Waals surface area contributed by atoms with Crippen LogP contribution in [0.5, 0.6) is 5.75 Å². The highest BCUT2D eigenvalue weighted by atomic mass is 32.1. The van der Waals surface area contributed by atoms with Crippen molar-refractivity contribution in [3.8, 4) is 5.75 Å². The van der Waals surface area contributed by atoms with Gasteiger partial charge in [-0.3, -0.25) is 24.6 Å². The third-order valence-electron chi connectivity index (χ3n) is 4.92. The van der Waals surface area contributed by atoms with Gasteiger partial charge in [-0.05, 0) is 55.0 Å². The molecule has 3 aromatic heterocycles. The molecule has 0 bridgehead atoms. The first-order valence-electron chi connectivity index (χ1n) is 10.2. The van der Waals surface area contributed by atoms with E-state index >= 15 is 0 Å². The number of amides is 1. The largest absolute Gasteiger partial charge is 0.494 e. The first kappa shape index (κ1) is 20.0. The zero-order valence-corrected chi connectivity index (χ0v) is 18.1. The lowest BCUT2D eigenvalue weighted by molar-refractivity contribution is 0.0985.